The minimum Gasteiger partial charge on any atom is -0.481 e. The Kier molecular flexibility index (Phi) is 3.50. The predicted octanol–water partition coefficient (Wildman–Crippen LogP) is 0.537. The monoisotopic (exact) mass is 253 g/mol. The van der Waals surface area contributed by atoms with Crippen molar-refractivity contribution in [2.24, 2.45) is 11.8 Å². The number of carboxylic acids is 1. The molecule has 2 rings (SSSR count). The molecule has 0 saturated carbocycles. The van der Waals surface area contributed by atoms with Gasteiger partial charge >= 0.3 is 12.0 Å². The van der Waals surface area contributed by atoms with E-state index in [0.717, 1.165) is 0 Å². The highest BCUT2D eigenvalue weighted by Gasteiger charge is 2.36. The van der Waals surface area contributed by atoms with Gasteiger partial charge in [-0.2, -0.15) is 0 Å². The summed E-state index contributed by atoms with van der Waals surface area (Å²) in [6, 6.07) is 1.38. The SMILES string of the molecule is C[C@@H]1CN(C(=O)NCc2ccno2)C[C@H]1C(=O)O. The zero-order valence-electron chi connectivity index (χ0n) is 10.00. The average molecular weight is 253 g/mol. The quantitative estimate of drug-likeness (QED) is 0.819. The first-order valence-electron chi connectivity index (χ1n) is 5.73. The van der Waals surface area contributed by atoms with Gasteiger partial charge in [0.25, 0.3) is 0 Å². The second-order valence-electron chi connectivity index (χ2n) is 4.46. The summed E-state index contributed by atoms with van der Waals surface area (Å²) in [5.41, 5.74) is 0. The van der Waals surface area contributed by atoms with Gasteiger partial charge in [-0.25, -0.2) is 4.79 Å². The number of carboxylic acid groups (broad SMARTS) is 1. The van der Waals surface area contributed by atoms with Crippen molar-refractivity contribution in [3.05, 3.63) is 18.0 Å². The van der Waals surface area contributed by atoms with Crippen LogP contribution in [-0.4, -0.2) is 40.3 Å². The lowest BCUT2D eigenvalue weighted by atomic mass is 9.99. The first-order chi connectivity index (χ1) is 8.58. The molecule has 1 aromatic heterocycles. The molecule has 2 N–H and O–H groups in total. The molecule has 0 aromatic carbocycles. The summed E-state index contributed by atoms with van der Waals surface area (Å²) in [4.78, 5) is 24.3. The molecule has 0 radical (unpaired) electrons. The third-order valence-corrected chi connectivity index (χ3v) is 3.12. The second-order valence-corrected chi connectivity index (χ2v) is 4.46. The van der Waals surface area contributed by atoms with Crippen LogP contribution < -0.4 is 5.32 Å². The number of amides is 2. The predicted molar refractivity (Wildman–Crippen MR) is 60.6 cm³/mol. The van der Waals surface area contributed by atoms with Crippen LogP contribution in [0.3, 0.4) is 0 Å². The highest BCUT2D eigenvalue weighted by atomic mass is 16.5. The van der Waals surface area contributed by atoms with Crippen LogP contribution in [0.25, 0.3) is 0 Å². The normalized spacial score (nSPS) is 23.1. The molecule has 0 spiro atoms. The van der Waals surface area contributed by atoms with Crippen molar-refractivity contribution < 1.29 is 19.2 Å². The Morgan fingerprint density at radius 2 is 2.39 bits per heavy atom. The molecule has 7 heteroatoms. The van der Waals surface area contributed by atoms with Crippen molar-refractivity contribution in [2.45, 2.75) is 13.5 Å². The van der Waals surface area contributed by atoms with Crippen molar-refractivity contribution >= 4 is 12.0 Å². The number of carbonyl (C=O) groups excluding carboxylic acids is 1. The number of aliphatic carboxylic acids is 1. The molecular weight excluding hydrogens is 238 g/mol. The van der Waals surface area contributed by atoms with Crippen LogP contribution in [0.2, 0.25) is 0 Å². The summed E-state index contributed by atoms with van der Waals surface area (Å²) in [5, 5.41) is 15.2. The summed E-state index contributed by atoms with van der Waals surface area (Å²) in [5.74, 6) is -0.807. The zero-order chi connectivity index (χ0) is 13.1. The fourth-order valence-corrected chi connectivity index (χ4v) is 2.06. The van der Waals surface area contributed by atoms with Crippen LogP contribution in [0.5, 0.6) is 0 Å². The van der Waals surface area contributed by atoms with Gasteiger partial charge in [-0.15, -0.1) is 0 Å². The van der Waals surface area contributed by atoms with Gasteiger partial charge in [0.2, 0.25) is 0 Å². The van der Waals surface area contributed by atoms with Crippen molar-refractivity contribution in [3.8, 4) is 0 Å². The molecule has 2 atom stereocenters. The molecular formula is C11H15N3O4. The summed E-state index contributed by atoms with van der Waals surface area (Å²) in [7, 11) is 0. The summed E-state index contributed by atoms with van der Waals surface area (Å²) in [6.07, 6.45) is 1.50. The van der Waals surface area contributed by atoms with Crippen LogP contribution in [0, 0.1) is 11.8 Å². The van der Waals surface area contributed by atoms with E-state index in [1.165, 1.54) is 11.1 Å². The van der Waals surface area contributed by atoms with Crippen molar-refractivity contribution in [2.75, 3.05) is 13.1 Å². The molecule has 2 amide bonds. The van der Waals surface area contributed by atoms with E-state index in [1.54, 1.807) is 6.07 Å². The van der Waals surface area contributed by atoms with E-state index >= 15 is 0 Å². The third kappa shape index (κ3) is 2.61. The highest BCUT2D eigenvalue weighted by Crippen LogP contribution is 2.22. The molecule has 1 aliphatic heterocycles. The smallest absolute Gasteiger partial charge is 0.317 e. The van der Waals surface area contributed by atoms with E-state index in [0.29, 0.717) is 12.3 Å². The summed E-state index contributed by atoms with van der Waals surface area (Å²) < 4.78 is 4.85. The van der Waals surface area contributed by atoms with Crippen LogP contribution in [0.4, 0.5) is 4.79 Å². The summed E-state index contributed by atoms with van der Waals surface area (Å²) >= 11 is 0. The minimum atomic E-state index is -0.854. The maximum atomic E-state index is 11.8. The Hall–Kier alpha value is -2.05. The number of rotatable bonds is 3. The standard InChI is InChI=1S/C11H15N3O4/c1-7-5-14(6-9(7)10(15)16)11(17)12-4-8-2-3-13-18-8/h2-3,7,9H,4-6H2,1H3,(H,12,17)(H,15,16)/t7-,9-/m1/s1. The van der Waals surface area contributed by atoms with E-state index in [9.17, 15) is 9.59 Å². The Labute approximate surface area is 104 Å². The zero-order valence-corrected chi connectivity index (χ0v) is 10.00. The van der Waals surface area contributed by atoms with Crippen LogP contribution in [0.1, 0.15) is 12.7 Å². The van der Waals surface area contributed by atoms with Gasteiger partial charge in [-0.3, -0.25) is 4.79 Å². The number of aromatic nitrogens is 1. The number of hydrogen-bond donors (Lipinski definition) is 2. The number of urea groups is 1. The fraction of sp³-hybridized carbons (Fsp3) is 0.545. The van der Waals surface area contributed by atoms with Crippen LogP contribution in [-0.2, 0) is 11.3 Å². The van der Waals surface area contributed by atoms with Gasteiger partial charge in [-0.1, -0.05) is 12.1 Å². The molecule has 0 aliphatic carbocycles. The van der Waals surface area contributed by atoms with E-state index in [4.69, 9.17) is 9.63 Å². The largest absolute Gasteiger partial charge is 0.481 e. The van der Waals surface area contributed by atoms with Gasteiger partial charge in [0.15, 0.2) is 5.76 Å². The Morgan fingerprint density at radius 3 is 2.94 bits per heavy atom. The van der Waals surface area contributed by atoms with Gasteiger partial charge in [-0.05, 0) is 5.92 Å². The fourth-order valence-electron chi connectivity index (χ4n) is 2.06. The molecule has 2 heterocycles. The Morgan fingerprint density at radius 1 is 1.61 bits per heavy atom. The van der Waals surface area contributed by atoms with Crippen molar-refractivity contribution in [3.63, 3.8) is 0 Å². The van der Waals surface area contributed by atoms with Crippen LogP contribution in [0.15, 0.2) is 16.8 Å². The lowest BCUT2D eigenvalue weighted by molar-refractivity contribution is -0.142. The number of hydrogen-bond acceptors (Lipinski definition) is 4. The maximum Gasteiger partial charge on any atom is 0.317 e. The maximum absolute atomic E-state index is 11.8. The molecule has 7 nitrogen and oxygen atoms in total. The van der Waals surface area contributed by atoms with Gasteiger partial charge in [0, 0.05) is 19.2 Å². The van der Waals surface area contributed by atoms with E-state index in [2.05, 4.69) is 10.5 Å². The third-order valence-electron chi connectivity index (χ3n) is 3.12. The molecule has 1 aliphatic rings. The molecule has 1 aromatic rings. The topological polar surface area (TPSA) is 95.7 Å². The molecule has 1 saturated heterocycles. The Bertz CT molecular complexity index is 432. The number of carbonyl (C=O) groups is 2. The lowest BCUT2D eigenvalue weighted by Crippen LogP contribution is -2.38. The van der Waals surface area contributed by atoms with Gasteiger partial charge in [0.05, 0.1) is 18.7 Å². The summed E-state index contributed by atoms with van der Waals surface area (Å²) in [6.45, 7) is 2.79. The first kappa shape index (κ1) is 12.4. The highest BCUT2D eigenvalue weighted by molar-refractivity contribution is 5.77. The molecule has 18 heavy (non-hydrogen) atoms. The minimum absolute atomic E-state index is 0.0291. The average Bonchev–Trinajstić information content (AvgIpc) is 2.94. The molecule has 98 valence electrons. The van der Waals surface area contributed by atoms with E-state index in [1.807, 2.05) is 6.92 Å². The number of likely N-dealkylation sites (tertiary alicyclic amines) is 1. The molecule has 0 bridgehead atoms. The van der Waals surface area contributed by atoms with Crippen LogP contribution >= 0.6 is 0 Å². The number of nitrogens with one attached hydrogen (secondary N) is 1. The van der Waals surface area contributed by atoms with E-state index < -0.39 is 11.9 Å². The first-order valence-corrected chi connectivity index (χ1v) is 5.73. The Balaban J connectivity index is 1.85. The molecule has 1 fully saturated rings. The van der Waals surface area contributed by atoms with Gasteiger partial charge < -0.3 is 19.8 Å². The van der Waals surface area contributed by atoms with Crippen molar-refractivity contribution in [1.29, 1.82) is 0 Å². The lowest BCUT2D eigenvalue weighted by Gasteiger charge is -2.16. The van der Waals surface area contributed by atoms with Gasteiger partial charge in [0.1, 0.15) is 0 Å². The van der Waals surface area contributed by atoms with Crippen molar-refractivity contribution in [1.82, 2.24) is 15.4 Å². The van der Waals surface area contributed by atoms with E-state index in [-0.39, 0.29) is 25.0 Å². The number of nitrogens with zero attached hydrogens (tertiary/aromatic N) is 2. The second kappa shape index (κ2) is 5.07. The molecule has 0 unspecified atom stereocenters.